The van der Waals surface area contributed by atoms with Gasteiger partial charge in [-0.15, -0.1) is 11.8 Å². The van der Waals surface area contributed by atoms with Gasteiger partial charge in [-0.25, -0.2) is 0 Å². The van der Waals surface area contributed by atoms with Gasteiger partial charge in [0, 0.05) is 6.04 Å². The lowest BCUT2D eigenvalue weighted by atomic mass is 10.2. The molecule has 0 aromatic rings. The first kappa shape index (κ1) is 14.3. The van der Waals surface area contributed by atoms with Crippen LogP contribution in [0.5, 0.6) is 0 Å². The van der Waals surface area contributed by atoms with Crippen LogP contribution in [0.1, 0.15) is 47.5 Å². The molecule has 0 rings (SSSR count). The minimum Gasteiger partial charge on any atom is -0.316 e. The lowest BCUT2D eigenvalue weighted by Gasteiger charge is -2.37. The lowest BCUT2D eigenvalue weighted by Crippen LogP contribution is -2.48. The third kappa shape index (κ3) is 4.67. The SMILES string of the molecule is CCCSC(CC)N(C(C)C)C(C)N. The van der Waals surface area contributed by atoms with Crippen LogP contribution >= 0.6 is 11.8 Å². The molecule has 0 bridgehead atoms. The highest BCUT2D eigenvalue weighted by Crippen LogP contribution is 2.23. The van der Waals surface area contributed by atoms with Crippen molar-refractivity contribution in [2.24, 2.45) is 5.73 Å². The standard InChI is InChI=1S/C11H26N2S/c1-6-8-14-11(7-2)13(9(3)4)10(5)12/h9-11H,6-8,12H2,1-5H3. The van der Waals surface area contributed by atoms with Crippen LogP contribution in [0.2, 0.25) is 0 Å². The summed E-state index contributed by atoms with van der Waals surface area (Å²) in [7, 11) is 0. The molecule has 2 N–H and O–H groups in total. The summed E-state index contributed by atoms with van der Waals surface area (Å²) in [6.45, 7) is 11.0. The van der Waals surface area contributed by atoms with E-state index < -0.39 is 0 Å². The van der Waals surface area contributed by atoms with Crippen LogP contribution in [0.25, 0.3) is 0 Å². The quantitative estimate of drug-likeness (QED) is 0.666. The maximum absolute atomic E-state index is 6.00. The van der Waals surface area contributed by atoms with Crippen LogP contribution in [0.3, 0.4) is 0 Å². The largest absolute Gasteiger partial charge is 0.316 e. The Morgan fingerprint density at radius 1 is 1.21 bits per heavy atom. The van der Waals surface area contributed by atoms with Crippen LogP contribution in [-0.2, 0) is 0 Å². The number of hydrogen-bond donors (Lipinski definition) is 1. The molecule has 0 spiro atoms. The minimum atomic E-state index is 0.157. The van der Waals surface area contributed by atoms with Crippen LogP contribution in [0.15, 0.2) is 0 Å². The fraction of sp³-hybridized carbons (Fsp3) is 1.00. The molecule has 0 saturated heterocycles. The Labute approximate surface area is 93.6 Å². The Balaban J connectivity index is 4.26. The Hall–Kier alpha value is 0.270. The van der Waals surface area contributed by atoms with Gasteiger partial charge in [-0.2, -0.15) is 0 Å². The minimum absolute atomic E-state index is 0.157. The van der Waals surface area contributed by atoms with Crippen molar-refractivity contribution in [2.75, 3.05) is 5.75 Å². The van der Waals surface area contributed by atoms with E-state index in [-0.39, 0.29) is 6.17 Å². The van der Waals surface area contributed by atoms with E-state index in [4.69, 9.17) is 5.73 Å². The van der Waals surface area contributed by atoms with Gasteiger partial charge in [-0.1, -0.05) is 13.8 Å². The van der Waals surface area contributed by atoms with E-state index in [1.54, 1.807) is 0 Å². The van der Waals surface area contributed by atoms with E-state index in [0.717, 1.165) is 0 Å². The van der Waals surface area contributed by atoms with Crippen molar-refractivity contribution in [1.82, 2.24) is 4.90 Å². The topological polar surface area (TPSA) is 29.3 Å². The predicted octanol–water partition coefficient (Wildman–Crippen LogP) is 2.88. The molecule has 3 heteroatoms. The average Bonchev–Trinajstić information content (AvgIpc) is 2.10. The number of hydrogen-bond acceptors (Lipinski definition) is 3. The average molecular weight is 218 g/mol. The summed E-state index contributed by atoms with van der Waals surface area (Å²) in [5.41, 5.74) is 6.00. The summed E-state index contributed by atoms with van der Waals surface area (Å²) in [6, 6.07) is 0.532. The first-order valence-corrected chi connectivity index (χ1v) is 6.74. The molecule has 86 valence electrons. The van der Waals surface area contributed by atoms with Gasteiger partial charge in [-0.05, 0) is 39.4 Å². The molecular formula is C11H26N2S. The molecule has 14 heavy (non-hydrogen) atoms. The molecule has 2 unspecified atom stereocenters. The fourth-order valence-electron chi connectivity index (χ4n) is 1.73. The second-order valence-corrected chi connectivity index (χ2v) is 5.30. The summed E-state index contributed by atoms with van der Waals surface area (Å²) in [4.78, 5) is 2.40. The summed E-state index contributed by atoms with van der Waals surface area (Å²) < 4.78 is 0. The van der Waals surface area contributed by atoms with E-state index in [0.29, 0.717) is 11.4 Å². The van der Waals surface area contributed by atoms with Crippen molar-refractivity contribution >= 4 is 11.8 Å². The van der Waals surface area contributed by atoms with Gasteiger partial charge < -0.3 is 5.73 Å². The van der Waals surface area contributed by atoms with Gasteiger partial charge in [-0.3, -0.25) is 4.90 Å². The third-order valence-electron chi connectivity index (χ3n) is 2.26. The van der Waals surface area contributed by atoms with Crippen molar-refractivity contribution in [3.63, 3.8) is 0 Å². The van der Waals surface area contributed by atoms with E-state index in [1.807, 2.05) is 11.8 Å². The summed E-state index contributed by atoms with van der Waals surface area (Å²) in [5.74, 6) is 1.23. The highest BCUT2D eigenvalue weighted by atomic mass is 32.2. The molecule has 0 saturated carbocycles. The third-order valence-corrected chi connectivity index (χ3v) is 3.87. The fourth-order valence-corrected chi connectivity index (χ4v) is 3.08. The van der Waals surface area contributed by atoms with Crippen LogP contribution < -0.4 is 5.73 Å². The van der Waals surface area contributed by atoms with Gasteiger partial charge in [0.05, 0.1) is 11.5 Å². The Morgan fingerprint density at radius 3 is 2.07 bits per heavy atom. The Kier molecular flexibility index (Phi) is 7.69. The Bertz CT molecular complexity index is 129. The number of nitrogens with zero attached hydrogens (tertiary/aromatic N) is 1. The maximum Gasteiger partial charge on any atom is 0.0571 e. The molecular weight excluding hydrogens is 192 g/mol. The smallest absolute Gasteiger partial charge is 0.0571 e. The van der Waals surface area contributed by atoms with E-state index in [9.17, 15) is 0 Å². The zero-order valence-electron chi connectivity index (χ0n) is 10.3. The molecule has 0 aliphatic carbocycles. The molecule has 0 aliphatic heterocycles. The van der Waals surface area contributed by atoms with Gasteiger partial charge >= 0.3 is 0 Å². The first-order chi connectivity index (χ1) is 6.54. The molecule has 0 heterocycles. The van der Waals surface area contributed by atoms with Gasteiger partial charge in [0.25, 0.3) is 0 Å². The van der Waals surface area contributed by atoms with Crippen molar-refractivity contribution in [3.8, 4) is 0 Å². The van der Waals surface area contributed by atoms with Crippen molar-refractivity contribution < 1.29 is 0 Å². The van der Waals surface area contributed by atoms with Crippen LogP contribution in [0.4, 0.5) is 0 Å². The van der Waals surface area contributed by atoms with Gasteiger partial charge in [0.2, 0.25) is 0 Å². The molecule has 0 radical (unpaired) electrons. The second-order valence-electron chi connectivity index (χ2n) is 4.02. The Morgan fingerprint density at radius 2 is 1.79 bits per heavy atom. The van der Waals surface area contributed by atoms with Crippen molar-refractivity contribution in [3.05, 3.63) is 0 Å². The molecule has 0 aliphatic rings. The summed E-state index contributed by atoms with van der Waals surface area (Å²) >= 11 is 2.03. The predicted molar refractivity (Wildman–Crippen MR) is 67.5 cm³/mol. The van der Waals surface area contributed by atoms with Crippen LogP contribution in [0, 0.1) is 0 Å². The zero-order valence-corrected chi connectivity index (χ0v) is 11.1. The molecule has 0 amide bonds. The molecule has 0 aromatic heterocycles. The van der Waals surface area contributed by atoms with E-state index in [1.165, 1.54) is 18.6 Å². The summed E-state index contributed by atoms with van der Waals surface area (Å²) in [6.07, 6.45) is 2.57. The van der Waals surface area contributed by atoms with Crippen molar-refractivity contribution in [2.45, 2.75) is 65.0 Å². The highest BCUT2D eigenvalue weighted by Gasteiger charge is 2.22. The van der Waals surface area contributed by atoms with Crippen molar-refractivity contribution in [1.29, 1.82) is 0 Å². The zero-order chi connectivity index (χ0) is 11.1. The molecule has 0 fully saturated rings. The van der Waals surface area contributed by atoms with E-state index >= 15 is 0 Å². The number of nitrogens with two attached hydrogens (primary N) is 1. The lowest BCUT2D eigenvalue weighted by molar-refractivity contribution is 0.149. The monoisotopic (exact) mass is 218 g/mol. The highest BCUT2D eigenvalue weighted by molar-refractivity contribution is 7.99. The normalized spacial score (nSPS) is 16.3. The van der Waals surface area contributed by atoms with Gasteiger partial charge in [0.1, 0.15) is 0 Å². The maximum atomic E-state index is 6.00. The van der Waals surface area contributed by atoms with Crippen LogP contribution in [-0.4, -0.2) is 28.2 Å². The number of thioether (sulfide) groups is 1. The second kappa shape index (κ2) is 7.55. The first-order valence-electron chi connectivity index (χ1n) is 5.69. The number of rotatable bonds is 7. The molecule has 0 aromatic carbocycles. The van der Waals surface area contributed by atoms with Gasteiger partial charge in [0.15, 0.2) is 0 Å². The molecule has 2 nitrogen and oxygen atoms in total. The summed E-state index contributed by atoms with van der Waals surface area (Å²) in [5, 5.41) is 0.579. The van der Waals surface area contributed by atoms with E-state index in [2.05, 4.69) is 39.5 Å². The molecule has 2 atom stereocenters.